The van der Waals surface area contributed by atoms with Crippen molar-refractivity contribution in [3.05, 3.63) is 29.3 Å². The minimum Gasteiger partial charge on any atom is -0.504 e. The molecule has 2 rings (SSSR count). The van der Waals surface area contributed by atoms with E-state index >= 15 is 0 Å². The molecule has 0 fully saturated rings. The molecule has 6 heteroatoms. The van der Waals surface area contributed by atoms with Crippen LogP contribution in [0.25, 0.3) is 10.6 Å². The van der Waals surface area contributed by atoms with Gasteiger partial charge in [0.25, 0.3) is 0 Å². The molecule has 1 heterocycles. The SMILES string of the molecule is CCOC(=O)C(C)(C)c1csc(-c2ccc(O)c(O)c2)n1. The van der Waals surface area contributed by atoms with Gasteiger partial charge in [-0.25, -0.2) is 4.98 Å². The Labute approximate surface area is 126 Å². The van der Waals surface area contributed by atoms with E-state index in [1.54, 1.807) is 32.2 Å². The Kier molecular flexibility index (Phi) is 4.18. The van der Waals surface area contributed by atoms with Gasteiger partial charge in [-0.2, -0.15) is 0 Å². The fourth-order valence-electron chi connectivity index (χ4n) is 1.77. The zero-order chi connectivity index (χ0) is 15.6. The van der Waals surface area contributed by atoms with Crippen molar-refractivity contribution in [1.29, 1.82) is 0 Å². The number of aromatic nitrogens is 1. The molecule has 0 amide bonds. The summed E-state index contributed by atoms with van der Waals surface area (Å²) in [6, 6.07) is 4.51. The first-order chi connectivity index (χ1) is 9.86. The van der Waals surface area contributed by atoms with E-state index in [1.165, 1.54) is 23.5 Å². The molecule has 0 aliphatic rings. The van der Waals surface area contributed by atoms with Gasteiger partial charge in [-0.1, -0.05) is 0 Å². The van der Waals surface area contributed by atoms with Gasteiger partial charge in [0.05, 0.1) is 12.3 Å². The molecule has 1 aromatic carbocycles. The number of benzene rings is 1. The third-order valence-corrected chi connectivity index (χ3v) is 4.04. The second-order valence-electron chi connectivity index (χ2n) is 5.09. The van der Waals surface area contributed by atoms with Crippen LogP contribution in [-0.4, -0.2) is 27.8 Å². The molecule has 0 aliphatic heterocycles. The number of phenols is 2. The summed E-state index contributed by atoms with van der Waals surface area (Å²) in [5.41, 5.74) is 0.471. The third kappa shape index (κ3) is 3.00. The Balaban J connectivity index is 2.33. The Morgan fingerprint density at radius 2 is 2.05 bits per heavy atom. The molecule has 0 aliphatic carbocycles. The second kappa shape index (κ2) is 5.73. The zero-order valence-electron chi connectivity index (χ0n) is 12.1. The minimum atomic E-state index is -0.830. The lowest BCUT2D eigenvalue weighted by Crippen LogP contribution is -2.31. The van der Waals surface area contributed by atoms with Crippen LogP contribution in [0.1, 0.15) is 26.5 Å². The van der Waals surface area contributed by atoms with Crippen molar-refractivity contribution >= 4 is 17.3 Å². The highest BCUT2D eigenvalue weighted by Crippen LogP contribution is 2.34. The van der Waals surface area contributed by atoms with E-state index in [0.29, 0.717) is 22.9 Å². The molecule has 0 saturated carbocycles. The van der Waals surface area contributed by atoms with Crippen molar-refractivity contribution in [3.63, 3.8) is 0 Å². The van der Waals surface area contributed by atoms with Crippen LogP contribution < -0.4 is 0 Å². The Morgan fingerprint density at radius 1 is 1.33 bits per heavy atom. The summed E-state index contributed by atoms with van der Waals surface area (Å²) in [6.07, 6.45) is 0. The van der Waals surface area contributed by atoms with Gasteiger partial charge in [0.1, 0.15) is 10.4 Å². The standard InChI is InChI=1S/C15H17NO4S/c1-4-20-14(19)15(2,3)12-8-21-13(16-12)9-5-6-10(17)11(18)7-9/h5-8,17-18H,4H2,1-3H3. The molecular weight excluding hydrogens is 290 g/mol. The van der Waals surface area contributed by atoms with Crippen molar-refractivity contribution in [2.45, 2.75) is 26.2 Å². The number of ether oxygens (including phenoxy) is 1. The monoisotopic (exact) mass is 307 g/mol. The molecule has 112 valence electrons. The normalized spacial score (nSPS) is 11.4. The summed E-state index contributed by atoms with van der Waals surface area (Å²) in [7, 11) is 0. The van der Waals surface area contributed by atoms with Crippen LogP contribution in [0.4, 0.5) is 0 Å². The predicted octanol–water partition coefficient (Wildman–Crippen LogP) is 3.06. The number of nitrogens with zero attached hydrogens (tertiary/aromatic N) is 1. The van der Waals surface area contributed by atoms with Crippen LogP contribution in [0.2, 0.25) is 0 Å². The van der Waals surface area contributed by atoms with Gasteiger partial charge >= 0.3 is 5.97 Å². The topological polar surface area (TPSA) is 79.7 Å². The van der Waals surface area contributed by atoms with Gasteiger partial charge in [0, 0.05) is 10.9 Å². The fourth-order valence-corrected chi connectivity index (χ4v) is 2.75. The van der Waals surface area contributed by atoms with E-state index < -0.39 is 5.41 Å². The smallest absolute Gasteiger partial charge is 0.317 e. The van der Waals surface area contributed by atoms with Crippen molar-refractivity contribution in [2.75, 3.05) is 6.61 Å². The molecule has 1 aromatic heterocycles. The van der Waals surface area contributed by atoms with Gasteiger partial charge in [-0.05, 0) is 39.0 Å². The molecule has 5 nitrogen and oxygen atoms in total. The Morgan fingerprint density at radius 3 is 2.67 bits per heavy atom. The highest BCUT2D eigenvalue weighted by atomic mass is 32.1. The van der Waals surface area contributed by atoms with E-state index in [-0.39, 0.29) is 17.5 Å². The summed E-state index contributed by atoms with van der Waals surface area (Å²) in [4.78, 5) is 16.4. The van der Waals surface area contributed by atoms with E-state index in [2.05, 4.69) is 4.98 Å². The molecule has 2 N–H and O–H groups in total. The summed E-state index contributed by atoms with van der Waals surface area (Å²) < 4.78 is 5.06. The van der Waals surface area contributed by atoms with E-state index in [4.69, 9.17) is 4.74 Å². The van der Waals surface area contributed by atoms with Crippen LogP contribution in [-0.2, 0) is 14.9 Å². The summed E-state index contributed by atoms with van der Waals surface area (Å²) in [5, 5.41) is 21.3. The van der Waals surface area contributed by atoms with Gasteiger partial charge < -0.3 is 14.9 Å². The Hall–Kier alpha value is -2.08. The number of hydrogen-bond acceptors (Lipinski definition) is 6. The number of phenolic OH excluding ortho intramolecular Hbond substituents is 2. The molecular formula is C15H17NO4S. The first kappa shape index (κ1) is 15.3. The largest absolute Gasteiger partial charge is 0.504 e. The Bertz CT molecular complexity index is 663. The fraction of sp³-hybridized carbons (Fsp3) is 0.333. The molecule has 0 unspecified atom stereocenters. The van der Waals surface area contributed by atoms with Gasteiger partial charge in [-0.3, -0.25) is 4.79 Å². The number of carbonyl (C=O) groups is 1. The first-order valence-electron chi connectivity index (χ1n) is 6.51. The number of hydrogen-bond donors (Lipinski definition) is 2. The number of thiazole rings is 1. The molecule has 21 heavy (non-hydrogen) atoms. The predicted molar refractivity (Wildman–Crippen MR) is 80.5 cm³/mol. The maximum Gasteiger partial charge on any atom is 0.317 e. The summed E-state index contributed by atoms with van der Waals surface area (Å²) in [6.45, 7) is 5.61. The molecule has 0 saturated heterocycles. The van der Waals surface area contributed by atoms with Crippen molar-refractivity contribution in [1.82, 2.24) is 4.98 Å². The molecule has 0 atom stereocenters. The summed E-state index contributed by atoms with van der Waals surface area (Å²) in [5.74, 6) is -0.702. The lowest BCUT2D eigenvalue weighted by molar-refractivity contribution is -0.148. The molecule has 0 radical (unpaired) electrons. The second-order valence-corrected chi connectivity index (χ2v) is 5.94. The van der Waals surface area contributed by atoms with Crippen LogP contribution in [0.3, 0.4) is 0 Å². The average Bonchev–Trinajstić information content (AvgIpc) is 2.92. The van der Waals surface area contributed by atoms with E-state index in [0.717, 1.165) is 0 Å². The first-order valence-corrected chi connectivity index (χ1v) is 7.39. The molecule has 2 aromatic rings. The van der Waals surface area contributed by atoms with Gasteiger partial charge in [0.2, 0.25) is 0 Å². The number of carbonyl (C=O) groups excluding carboxylic acids is 1. The van der Waals surface area contributed by atoms with Crippen molar-refractivity contribution in [3.8, 4) is 22.1 Å². The van der Waals surface area contributed by atoms with Crippen LogP contribution in [0.5, 0.6) is 11.5 Å². The molecule has 0 bridgehead atoms. The van der Waals surface area contributed by atoms with Gasteiger partial charge in [-0.15, -0.1) is 11.3 Å². The van der Waals surface area contributed by atoms with Crippen LogP contribution in [0, 0.1) is 0 Å². The van der Waals surface area contributed by atoms with Crippen molar-refractivity contribution in [2.24, 2.45) is 0 Å². The molecule has 0 spiro atoms. The highest BCUT2D eigenvalue weighted by molar-refractivity contribution is 7.13. The van der Waals surface area contributed by atoms with Gasteiger partial charge in [0.15, 0.2) is 11.5 Å². The quantitative estimate of drug-likeness (QED) is 0.670. The maximum absolute atomic E-state index is 12.0. The highest BCUT2D eigenvalue weighted by Gasteiger charge is 2.34. The van der Waals surface area contributed by atoms with E-state index in [1.807, 2.05) is 0 Å². The van der Waals surface area contributed by atoms with Crippen molar-refractivity contribution < 1.29 is 19.7 Å². The van der Waals surface area contributed by atoms with Crippen LogP contribution in [0.15, 0.2) is 23.6 Å². The minimum absolute atomic E-state index is 0.178. The summed E-state index contributed by atoms with van der Waals surface area (Å²) >= 11 is 1.37. The van der Waals surface area contributed by atoms with Crippen LogP contribution >= 0.6 is 11.3 Å². The number of rotatable bonds is 4. The lowest BCUT2D eigenvalue weighted by Gasteiger charge is -2.19. The third-order valence-electron chi connectivity index (χ3n) is 3.15. The zero-order valence-corrected chi connectivity index (χ0v) is 12.9. The van der Waals surface area contributed by atoms with E-state index in [9.17, 15) is 15.0 Å². The maximum atomic E-state index is 12.0. The lowest BCUT2D eigenvalue weighted by atomic mass is 9.90. The number of aromatic hydroxyl groups is 2. The number of esters is 1. The average molecular weight is 307 g/mol.